The summed E-state index contributed by atoms with van der Waals surface area (Å²) in [5.41, 5.74) is 0. The molecule has 0 spiro atoms. The van der Waals surface area contributed by atoms with Crippen LogP contribution >= 0.6 is 15.6 Å². The molecule has 0 aliphatic rings. The number of carbonyl (C=O) groups excluding carboxylic acids is 4. The largest absolute Gasteiger partial charge is 0.472 e. The minimum atomic E-state index is -4.97. The summed E-state index contributed by atoms with van der Waals surface area (Å²) in [6.07, 6.45) is 70.1. The number of hydrogen-bond acceptors (Lipinski definition) is 15. The van der Waals surface area contributed by atoms with Crippen molar-refractivity contribution >= 4 is 39.5 Å². The third-order valence-electron chi connectivity index (χ3n) is 15.9. The van der Waals surface area contributed by atoms with Gasteiger partial charge < -0.3 is 33.8 Å². The van der Waals surface area contributed by atoms with Crippen LogP contribution in [0.4, 0.5) is 0 Å². The Labute approximate surface area is 583 Å². The molecule has 0 aromatic carbocycles. The van der Waals surface area contributed by atoms with Gasteiger partial charge >= 0.3 is 39.5 Å². The van der Waals surface area contributed by atoms with Gasteiger partial charge in [0.15, 0.2) is 12.2 Å². The monoisotopic (exact) mass is 1390 g/mol. The highest BCUT2D eigenvalue weighted by Crippen LogP contribution is 2.45. The van der Waals surface area contributed by atoms with Crippen molar-refractivity contribution < 1.29 is 80.2 Å². The van der Waals surface area contributed by atoms with Crippen LogP contribution in [0.3, 0.4) is 0 Å². The molecule has 0 saturated carbocycles. The van der Waals surface area contributed by atoms with Gasteiger partial charge in [-0.25, -0.2) is 9.13 Å². The van der Waals surface area contributed by atoms with Crippen molar-refractivity contribution in [3.63, 3.8) is 0 Å². The predicted octanol–water partition coefficient (Wildman–Crippen LogP) is 21.4. The molecule has 0 rings (SSSR count). The van der Waals surface area contributed by atoms with Gasteiger partial charge in [-0.3, -0.25) is 37.3 Å². The van der Waals surface area contributed by atoms with Crippen LogP contribution in [0.15, 0.2) is 85.1 Å². The molecular formula is C77H136O17P2. The Kier molecular flexibility index (Phi) is 67.0. The first-order valence-corrected chi connectivity index (χ1v) is 40.8. The van der Waals surface area contributed by atoms with Gasteiger partial charge in [0, 0.05) is 25.7 Å². The molecule has 0 aliphatic carbocycles. The molecule has 17 nitrogen and oxygen atoms in total. The number of ether oxygens (including phenoxy) is 4. The number of hydrogen-bond donors (Lipinski definition) is 3. The van der Waals surface area contributed by atoms with E-state index in [-0.39, 0.29) is 25.7 Å². The summed E-state index contributed by atoms with van der Waals surface area (Å²) in [5, 5.41) is 10.6. The molecule has 3 N–H and O–H groups in total. The van der Waals surface area contributed by atoms with Crippen molar-refractivity contribution in [2.45, 2.75) is 341 Å². The van der Waals surface area contributed by atoms with Crippen LogP contribution in [0, 0.1) is 0 Å². The van der Waals surface area contributed by atoms with Gasteiger partial charge in [-0.15, -0.1) is 0 Å². The fraction of sp³-hybridized carbons (Fsp3) is 0.766. The highest BCUT2D eigenvalue weighted by atomic mass is 31.2. The topological polar surface area (TPSA) is 237 Å². The van der Waals surface area contributed by atoms with Crippen LogP contribution in [0.25, 0.3) is 0 Å². The Bertz CT molecular complexity index is 2160. The van der Waals surface area contributed by atoms with E-state index < -0.39 is 97.5 Å². The van der Waals surface area contributed by atoms with Gasteiger partial charge in [-0.1, -0.05) is 286 Å². The van der Waals surface area contributed by atoms with Gasteiger partial charge in [0.2, 0.25) is 0 Å². The molecule has 0 radical (unpaired) electrons. The summed E-state index contributed by atoms with van der Waals surface area (Å²) in [7, 11) is -9.94. The second kappa shape index (κ2) is 69.7. The Balaban J connectivity index is 5.32. The lowest BCUT2D eigenvalue weighted by Crippen LogP contribution is -2.30. The standard InChI is InChI=1S/C77H136O17P2/c1-5-9-13-17-21-25-29-32-34-35-37-40-43-46-50-54-58-62-75(80)88-68-73(94-77(82)64-60-56-52-48-44-38-31-27-23-19-15-11-7-3)70-92-96(85,86)90-66-71(78)65-89-95(83,84)91-69-72(93-76(81)63-59-55-51-47-41-28-24-20-16-12-8-4)67-87-74(79)61-57-53-49-45-42-39-36-33-30-26-22-18-14-10-6-2/h9-10,13-14,21-22,25-26,32-34,36,42,45,71-73,78H,5-8,11-12,15-20,23-24,27-31,35,37-41,43-44,46-70H2,1-4H3,(H,83,84)(H,85,86)/b13-9-,14-10-,25-21-,26-22-,34-32-,36-33-,45-42-. The Morgan fingerprint density at radius 3 is 0.854 bits per heavy atom. The van der Waals surface area contributed by atoms with Crippen LogP contribution in [0.1, 0.15) is 323 Å². The number of rotatable bonds is 71. The van der Waals surface area contributed by atoms with Crippen molar-refractivity contribution in [2.24, 2.45) is 0 Å². The number of phosphoric acid groups is 2. The number of esters is 4. The quantitative estimate of drug-likeness (QED) is 0.0169. The molecule has 5 unspecified atom stereocenters. The van der Waals surface area contributed by atoms with Gasteiger partial charge in [0.1, 0.15) is 19.3 Å². The summed E-state index contributed by atoms with van der Waals surface area (Å²) < 4.78 is 68.4. The van der Waals surface area contributed by atoms with E-state index in [1.807, 2.05) is 0 Å². The number of allylic oxidation sites excluding steroid dienone is 14. The number of aliphatic hydroxyl groups is 1. The van der Waals surface area contributed by atoms with E-state index in [2.05, 4.69) is 113 Å². The Morgan fingerprint density at radius 2 is 0.542 bits per heavy atom. The fourth-order valence-corrected chi connectivity index (χ4v) is 11.7. The third-order valence-corrected chi connectivity index (χ3v) is 17.8. The molecular weight excluding hydrogens is 1260 g/mol. The summed E-state index contributed by atoms with van der Waals surface area (Å²) in [6.45, 7) is 4.61. The molecule has 0 fully saturated rings. The van der Waals surface area contributed by atoms with E-state index in [9.17, 15) is 43.2 Å². The van der Waals surface area contributed by atoms with Crippen LogP contribution in [-0.4, -0.2) is 96.7 Å². The molecule has 96 heavy (non-hydrogen) atoms. The van der Waals surface area contributed by atoms with Crippen LogP contribution < -0.4 is 0 Å². The lowest BCUT2D eigenvalue weighted by molar-refractivity contribution is -0.161. The molecule has 5 atom stereocenters. The highest BCUT2D eigenvalue weighted by molar-refractivity contribution is 7.47. The average Bonchev–Trinajstić information content (AvgIpc) is 1.10. The van der Waals surface area contributed by atoms with E-state index in [1.54, 1.807) is 0 Å². The number of phosphoric ester groups is 2. The first-order valence-electron chi connectivity index (χ1n) is 37.8. The van der Waals surface area contributed by atoms with E-state index in [0.29, 0.717) is 25.7 Å². The maximum absolute atomic E-state index is 13.1. The first kappa shape index (κ1) is 92.2. The molecule has 0 aliphatic heterocycles. The van der Waals surface area contributed by atoms with E-state index in [1.165, 1.54) is 89.9 Å². The van der Waals surface area contributed by atoms with Crippen LogP contribution in [0.2, 0.25) is 0 Å². The number of unbranched alkanes of at least 4 members (excludes halogenated alkanes) is 31. The number of aliphatic hydroxyl groups excluding tert-OH is 1. The van der Waals surface area contributed by atoms with E-state index >= 15 is 0 Å². The van der Waals surface area contributed by atoms with Gasteiger partial charge in [0.25, 0.3) is 0 Å². The molecule has 19 heteroatoms. The Morgan fingerprint density at radius 1 is 0.302 bits per heavy atom. The number of carbonyl (C=O) groups is 4. The van der Waals surface area contributed by atoms with Crippen molar-refractivity contribution in [3.8, 4) is 0 Å². The molecule has 0 saturated heterocycles. The fourth-order valence-electron chi connectivity index (χ4n) is 10.2. The van der Waals surface area contributed by atoms with Gasteiger partial charge in [-0.05, 0) is 96.3 Å². The second-order valence-corrected chi connectivity index (χ2v) is 28.1. The molecule has 0 aromatic heterocycles. The zero-order valence-electron chi connectivity index (χ0n) is 60.5. The third kappa shape index (κ3) is 68.8. The summed E-state index contributed by atoms with van der Waals surface area (Å²) in [4.78, 5) is 72.7. The predicted molar refractivity (Wildman–Crippen MR) is 390 cm³/mol. The first-order chi connectivity index (χ1) is 46.7. The lowest BCUT2D eigenvalue weighted by atomic mass is 10.0. The van der Waals surface area contributed by atoms with Crippen molar-refractivity contribution in [1.82, 2.24) is 0 Å². The average molecular weight is 1400 g/mol. The van der Waals surface area contributed by atoms with Crippen molar-refractivity contribution in [2.75, 3.05) is 39.6 Å². The Hall–Kier alpha value is -3.76. The lowest BCUT2D eigenvalue weighted by Gasteiger charge is -2.21. The van der Waals surface area contributed by atoms with Crippen molar-refractivity contribution in [1.29, 1.82) is 0 Å². The highest BCUT2D eigenvalue weighted by Gasteiger charge is 2.30. The van der Waals surface area contributed by atoms with Gasteiger partial charge in [-0.2, -0.15) is 0 Å². The molecule has 0 bridgehead atoms. The second-order valence-electron chi connectivity index (χ2n) is 25.2. The summed E-state index contributed by atoms with van der Waals surface area (Å²) in [6, 6.07) is 0. The smallest absolute Gasteiger partial charge is 0.462 e. The minimum absolute atomic E-state index is 0.0895. The molecule has 0 heterocycles. The molecule has 0 amide bonds. The summed E-state index contributed by atoms with van der Waals surface area (Å²) in [5.74, 6) is -2.21. The molecule has 556 valence electrons. The van der Waals surface area contributed by atoms with Crippen LogP contribution in [0.5, 0.6) is 0 Å². The van der Waals surface area contributed by atoms with Crippen LogP contribution in [-0.2, 0) is 65.4 Å². The SMILES string of the molecule is CC/C=C\C/C=C\C/C=C\C/C=C\CCCCC(=O)OCC(COP(=O)(O)OCC(O)COP(=O)(O)OCC(COC(=O)CCCCCCCCC/C=C\C/C=C\C/C=C\CC)OC(=O)CCCCCCCCCCCCCCC)OC(=O)CCCCCCCCCCCCC. The van der Waals surface area contributed by atoms with E-state index in [0.717, 1.165) is 154 Å². The normalized spacial score (nSPS) is 14.4. The molecule has 0 aromatic rings. The maximum Gasteiger partial charge on any atom is 0.472 e. The minimum Gasteiger partial charge on any atom is -0.462 e. The zero-order valence-corrected chi connectivity index (χ0v) is 62.3. The maximum atomic E-state index is 13.1. The summed E-state index contributed by atoms with van der Waals surface area (Å²) >= 11 is 0. The van der Waals surface area contributed by atoms with Gasteiger partial charge in [0.05, 0.1) is 26.4 Å². The van der Waals surface area contributed by atoms with E-state index in [4.69, 9.17) is 37.0 Å². The zero-order chi connectivity index (χ0) is 70.4. The van der Waals surface area contributed by atoms with Crippen molar-refractivity contribution in [3.05, 3.63) is 85.1 Å².